The third-order valence-electron chi connectivity index (χ3n) is 5.64. The molecule has 2 heterocycles. The van der Waals surface area contributed by atoms with Crippen molar-refractivity contribution >= 4 is 11.6 Å². The van der Waals surface area contributed by atoms with Crippen LogP contribution in [0.25, 0.3) is 5.65 Å². The molecule has 2 saturated carbocycles. The van der Waals surface area contributed by atoms with Gasteiger partial charge in [0.25, 0.3) is 5.91 Å². The van der Waals surface area contributed by atoms with E-state index in [1.165, 1.54) is 25.7 Å². The van der Waals surface area contributed by atoms with Gasteiger partial charge in [-0.1, -0.05) is 6.42 Å². The molecule has 1 amide bonds. The van der Waals surface area contributed by atoms with Crippen molar-refractivity contribution in [3.8, 4) is 0 Å². The minimum absolute atomic E-state index is 0.0263. The number of fused-ring (bicyclic) bond motifs is 3. The molecule has 22 heavy (non-hydrogen) atoms. The number of rotatable bonds is 3. The van der Waals surface area contributed by atoms with Gasteiger partial charge in [0, 0.05) is 24.0 Å². The number of hydrogen-bond donors (Lipinski definition) is 1. The van der Waals surface area contributed by atoms with Gasteiger partial charge in [0.15, 0.2) is 0 Å². The summed E-state index contributed by atoms with van der Waals surface area (Å²) in [5, 5.41) is 3.22. The van der Waals surface area contributed by atoms with Crippen LogP contribution in [-0.2, 0) is 0 Å². The topological polar surface area (TPSA) is 46.4 Å². The lowest BCUT2D eigenvalue weighted by atomic mass is 9.84. The summed E-state index contributed by atoms with van der Waals surface area (Å²) in [6.45, 7) is 4.13. The highest BCUT2D eigenvalue weighted by atomic mass is 16.1. The number of carbonyl (C=O) groups is 1. The van der Waals surface area contributed by atoms with E-state index in [1.54, 1.807) is 0 Å². The van der Waals surface area contributed by atoms with Crippen LogP contribution in [0.5, 0.6) is 0 Å². The molecule has 1 N–H and O–H groups in total. The molecule has 2 aromatic rings. The van der Waals surface area contributed by atoms with Crippen molar-refractivity contribution in [1.29, 1.82) is 0 Å². The lowest BCUT2D eigenvalue weighted by Gasteiger charge is -2.28. The van der Waals surface area contributed by atoms with Crippen LogP contribution in [0.1, 0.15) is 48.7 Å². The van der Waals surface area contributed by atoms with Gasteiger partial charge in [-0.2, -0.15) is 0 Å². The van der Waals surface area contributed by atoms with Crippen LogP contribution in [0, 0.1) is 24.7 Å². The molecule has 2 aliphatic rings. The molecule has 0 radical (unpaired) electrons. The van der Waals surface area contributed by atoms with E-state index in [0.29, 0.717) is 11.5 Å². The number of hydrogen-bond acceptors (Lipinski definition) is 2. The molecule has 0 spiro atoms. The summed E-state index contributed by atoms with van der Waals surface area (Å²) in [7, 11) is 0. The normalized spacial score (nSPS) is 28.2. The Morgan fingerprint density at radius 1 is 1.41 bits per heavy atom. The van der Waals surface area contributed by atoms with Gasteiger partial charge in [0.1, 0.15) is 5.65 Å². The van der Waals surface area contributed by atoms with E-state index in [9.17, 15) is 4.79 Å². The average Bonchev–Trinajstić information content (AvgIpc) is 3.19. The summed E-state index contributed by atoms with van der Waals surface area (Å²) >= 11 is 0. The second-order valence-corrected chi connectivity index (χ2v) is 7.16. The van der Waals surface area contributed by atoms with E-state index in [-0.39, 0.29) is 11.9 Å². The van der Waals surface area contributed by atoms with E-state index < -0.39 is 0 Å². The Balaban J connectivity index is 1.48. The van der Waals surface area contributed by atoms with Gasteiger partial charge in [0.2, 0.25) is 0 Å². The predicted octanol–water partition coefficient (Wildman–Crippen LogP) is 3.20. The fourth-order valence-electron chi connectivity index (χ4n) is 4.55. The summed E-state index contributed by atoms with van der Waals surface area (Å²) in [5.74, 6) is 2.44. The van der Waals surface area contributed by atoms with Crippen molar-refractivity contribution in [2.75, 3.05) is 0 Å². The summed E-state index contributed by atoms with van der Waals surface area (Å²) in [5.41, 5.74) is 2.50. The summed E-state index contributed by atoms with van der Waals surface area (Å²) in [4.78, 5) is 16.9. The van der Waals surface area contributed by atoms with Crippen molar-refractivity contribution in [1.82, 2.24) is 14.7 Å². The molecule has 0 saturated heterocycles. The van der Waals surface area contributed by atoms with Gasteiger partial charge >= 0.3 is 0 Å². The van der Waals surface area contributed by atoms with E-state index in [0.717, 1.165) is 23.2 Å². The van der Waals surface area contributed by atoms with Crippen LogP contribution in [0.3, 0.4) is 0 Å². The molecule has 4 rings (SSSR count). The van der Waals surface area contributed by atoms with Gasteiger partial charge in [-0.3, -0.25) is 4.79 Å². The Morgan fingerprint density at radius 3 is 3.00 bits per heavy atom. The minimum Gasteiger partial charge on any atom is -0.349 e. The average molecular weight is 297 g/mol. The van der Waals surface area contributed by atoms with Crippen LogP contribution in [0.4, 0.5) is 0 Å². The molecule has 0 aliphatic heterocycles. The van der Waals surface area contributed by atoms with Crippen molar-refractivity contribution < 1.29 is 4.79 Å². The molecule has 4 nitrogen and oxygen atoms in total. The number of amides is 1. The summed E-state index contributed by atoms with van der Waals surface area (Å²) < 4.78 is 1.95. The number of carbonyl (C=O) groups excluding carboxylic acids is 1. The number of nitrogens with one attached hydrogen (secondary N) is 1. The largest absolute Gasteiger partial charge is 0.349 e. The van der Waals surface area contributed by atoms with Crippen LogP contribution >= 0.6 is 0 Å². The molecule has 2 bridgehead atoms. The first kappa shape index (κ1) is 13.8. The van der Waals surface area contributed by atoms with E-state index >= 15 is 0 Å². The molecule has 0 aromatic carbocycles. The SMILES string of the molecule is Cc1cn2ccc(C(=O)NC(C)C3CC4CCC3C4)cc2n1. The molecular weight excluding hydrogens is 274 g/mol. The van der Waals surface area contributed by atoms with Crippen LogP contribution in [0.2, 0.25) is 0 Å². The molecule has 116 valence electrons. The van der Waals surface area contributed by atoms with Crippen molar-refractivity contribution in [2.24, 2.45) is 17.8 Å². The van der Waals surface area contributed by atoms with E-state index in [2.05, 4.69) is 17.2 Å². The third-order valence-corrected chi connectivity index (χ3v) is 5.64. The lowest BCUT2D eigenvalue weighted by molar-refractivity contribution is 0.0915. The third kappa shape index (κ3) is 2.31. The zero-order valence-electron chi connectivity index (χ0n) is 13.2. The summed E-state index contributed by atoms with van der Waals surface area (Å²) in [6.07, 6.45) is 9.31. The highest BCUT2D eigenvalue weighted by molar-refractivity contribution is 5.95. The fourth-order valence-corrected chi connectivity index (χ4v) is 4.55. The molecule has 4 atom stereocenters. The van der Waals surface area contributed by atoms with Gasteiger partial charge in [-0.15, -0.1) is 0 Å². The number of aromatic nitrogens is 2. The van der Waals surface area contributed by atoms with Crippen LogP contribution < -0.4 is 5.32 Å². The Labute approximate surface area is 130 Å². The zero-order valence-corrected chi connectivity index (χ0v) is 13.2. The van der Waals surface area contributed by atoms with Gasteiger partial charge in [-0.05, 0) is 63.0 Å². The smallest absolute Gasteiger partial charge is 0.251 e. The molecule has 2 aliphatic carbocycles. The zero-order chi connectivity index (χ0) is 15.3. The van der Waals surface area contributed by atoms with Gasteiger partial charge < -0.3 is 9.72 Å². The lowest BCUT2D eigenvalue weighted by Crippen LogP contribution is -2.40. The second-order valence-electron chi connectivity index (χ2n) is 7.16. The maximum absolute atomic E-state index is 12.5. The Kier molecular flexibility index (Phi) is 3.21. The number of nitrogens with zero attached hydrogens (tertiary/aromatic N) is 2. The highest BCUT2D eigenvalue weighted by Gasteiger charge is 2.42. The Hall–Kier alpha value is -1.84. The first-order valence-electron chi connectivity index (χ1n) is 8.36. The van der Waals surface area contributed by atoms with Crippen molar-refractivity contribution in [2.45, 2.75) is 45.6 Å². The number of imidazole rings is 1. The molecule has 2 fully saturated rings. The van der Waals surface area contributed by atoms with Crippen LogP contribution in [0.15, 0.2) is 24.5 Å². The maximum Gasteiger partial charge on any atom is 0.251 e. The maximum atomic E-state index is 12.5. The second kappa shape index (κ2) is 5.11. The number of aryl methyl sites for hydroxylation is 1. The van der Waals surface area contributed by atoms with Crippen LogP contribution in [-0.4, -0.2) is 21.3 Å². The summed E-state index contributed by atoms with van der Waals surface area (Å²) in [6, 6.07) is 4.01. The predicted molar refractivity (Wildman–Crippen MR) is 85.8 cm³/mol. The molecule has 4 unspecified atom stereocenters. The highest BCUT2D eigenvalue weighted by Crippen LogP contribution is 2.49. The number of pyridine rings is 1. The molecule has 4 heteroatoms. The molecule has 2 aromatic heterocycles. The van der Waals surface area contributed by atoms with Crippen molar-refractivity contribution in [3.05, 3.63) is 35.8 Å². The monoisotopic (exact) mass is 297 g/mol. The van der Waals surface area contributed by atoms with Crippen molar-refractivity contribution in [3.63, 3.8) is 0 Å². The van der Waals surface area contributed by atoms with E-state index in [1.807, 2.05) is 35.9 Å². The quantitative estimate of drug-likeness (QED) is 0.945. The van der Waals surface area contributed by atoms with Gasteiger partial charge in [-0.25, -0.2) is 4.98 Å². The first-order valence-corrected chi connectivity index (χ1v) is 8.36. The van der Waals surface area contributed by atoms with E-state index in [4.69, 9.17) is 0 Å². The Morgan fingerprint density at radius 2 is 2.27 bits per heavy atom. The minimum atomic E-state index is 0.0263. The fraction of sp³-hybridized carbons (Fsp3) is 0.556. The standard InChI is InChI=1S/C18H23N3O/c1-11-10-21-6-5-15(9-17(21)19-11)18(22)20-12(2)16-8-13-3-4-14(16)7-13/h5-6,9-10,12-14,16H,3-4,7-8H2,1-2H3,(H,20,22). The first-order chi connectivity index (χ1) is 10.6. The molecular formula is C18H23N3O. The van der Waals surface area contributed by atoms with Gasteiger partial charge in [0.05, 0.1) is 5.69 Å². The Bertz CT molecular complexity index is 720.